The summed E-state index contributed by atoms with van der Waals surface area (Å²) in [7, 11) is 0. The van der Waals surface area contributed by atoms with E-state index in [1.54, 1.807) is 0 Å². The average Bonchev–Trinajstić information content (AvgIpc) is 3.12. The van der Waals surface area contributed by atoms with E-state index >= 15 is 0 Å². The summed E-state index contributed by atoms with van der Waals surface area (Å²) in [4.78, 5) is 15.8. The van der Waals surface area contributed by atoms with Gasteiger partial charge in [0.25, 0.3) is 0 Å². The minimum atomic E-state index is -0.448. The first-order chi connectivity index (χ1) is 12.1. The van der Waals surface area contributed by atoms with E-state index in [-0.39, 0.29) is 5.41 Å². The molecule has 0 spiro atoms. The fourth-order valence-electron chi connectivity index (χ4n) is 3.78. The summed E-state index contributed by atoms with van der Waals surface area (Å²) in [5.74, 6) is 0. The Morgan fingerprint density at radius 1 is 1.12 bits per heavy atom. The van der Waals surface area contributed by atoms with E-state index in [1.165, 1.54) is 16.3 Å². The molecule has 1 aliphatic heterocycles. The van der Waals surface area contributed by atoms with E-state index in [4.69, 9.17) is 9.78 Å². The number of aryl methyl sites for hydroxylation is 1. The zero-order valence-corrected chi connectivity index (χ0v) is 14.8. The van der Waals surface area contributed by atoms with Crippen LogP contribution in [0.3, 0.4) is 0 Å². The lowest BCUT2D eigenvalue weighted by Crippen LogP contribution is -2.43. The SMILES string of the molecule is CC1(C)COOC(CCn2ccnc2)(c2ccc3ccccc3c2)C1. The second-order valence-corrected chi connectivity index (χ2v) is 7.79. The summed E-state index contributed by atoms with van der Waals surface area (Å²) in [6.07, 6.45) is 7.41. The first kappa shape index (κ1) is 16.3. The predicted octanol–water partition coefficient (Wildman–Crippen LogP) is 4.70. The summed E-state index contributed by atoms with van der Waals surface area (Å²) in [6, 6.07) is 15.0. The Kier molecular flexibility index (Phi) is 4.10. The maximum Gasteiger partial charge on any atom is 0.131 e. The van der Waals surface area contributed by atoms with Crippen molar-refractivity contribution in [3.8, 4) is 0 Å². The lowest BCUT2D eigenvalue weighted by Gasteiger charge is -2.43. The van der Waals surface area contributed by atoms with Gasteiger partial charge in [-0.15, -0.1) is 0 Å². The van der Waals surface area contributed by atoms with Crippen LogP contribution >= 0.6 is 0 Å². The molecular weight excluding hydrogens is 312 g/mol. The molecule has 2 heterocycles. The van der Waals surface area contributed by atoms with Crippen LogP contribution in [0.1, 0.15) is 32.3 Å². The molecule has 1 saturated heterocycles. The summed E-state index contributed by atoms with van der Waals surface area (Å²) >= 11 is 0. The van der Waals surface area contributed by atoms with Crippen molar-refractivity contribution in [2.75, 3.05) is 6.61 Å². The summed E-state index contributed by atoms with van der Waals surface area (Å²) in [6.45, 7) is 5.94. The highest BCUT2D eigenvalue weighted by Gasteiger charge is 2.44. The molecule has 1 atom stereocenters. The number of hydrogen-bond acceptors (Lipinski definition) is 3. The van der Waals surface area contributed by atoms with Crippen molar-refractivity contribution < 1.29 is 9.78 Å². The smallest absolute Gasteiger partial charge is 0.131 e. The molecule has 2 aromatic carbocycles. The molecule has 1 fully saturated rings. The number of imidazole rings is 1. The lowest BCUT2D eigenvalue weighted by atomic mass is 9.74. The second-order valence-electron chi connectivity index (χ2n) is 7.79. The minimum Gasteiger partial charge on any atom is -0.337 e. The van der Waals surface area contributed by atoms with Gasteiger partial charge in [0.1, 0.15) is 5.60 Å². The van der Waals surface area contributed by atoms with Gasteiger partial charge in [-0.25, -0.2) is 14.8 Å². The Morgan fingerprint density at radius 3 is 2.72 bits per heavy atom. The van der Waals surface area contributed by atoms with Gasteiger partial charge in [0.15, 0.2) is 0 Å². The second kappa shape index (κ2) is 6.28. The predicted molar refractivity (Wildman–Crippen MR) is 97.9 cm³/mol. The van der Waals surface area contributed by atoms with Gasteiger partial charge in [-0.2, -0.15) is 0 Å². The molecule has 4 heteroatoms. The summed E-state index contributed by atoms with van der Waals surface area (Å²) < 4.78 is 2.09. The zero-order chi connectivity index (χ0) is 17.3. The van der Waals surface area contributed by atoms with Gasteiger partial charge in [0.2, 0.25) is 0 Å². The van der Waals surface area contributed by atoms with Crippen molar-refractivity contribution in [1.29, 1.82) is 0 Å². The first-order valence-electron chi connectivity index (χ1n) is 8.82. The molecule has 0 N–H and O–H groups in total. The van der Waals surface area contributed by atoms with Gasteiger partial charge >= 0.3 is 0 Å². The molecule has 4 rings (SSSR count). The van der Waals surface area contributed by atoms with Crippen LogP contribution in [0.5, 0.6) is 0 Å². The molecule has 0 bridgehead atoms. The maximum atomic E-state index is 6.00. The molecule has 0 amide bonds. The Morgan fingerprint density at radius 2 is 1.96 bits per heavy atom. The van der Waals surface area contributed by atoms with Gasteiger partial charge < -0.3 is 4.57 Å². The van der Waals surface area contributed by atoms with Gasteiger partial charge in [0.05, 0.1) is 12.9 Å². The Labute approximate surface area is 148 Å². The molecule has 25 heavy (non-hydrogen) atoms. The van der Waals surface area contributed by atoms with Crippen molar-refractivity contribution in [3.63, 3.8) is 0 Å². The highest BCUT2D eigenvalue weighted by Crippen LogP contribution is 2.45. The van der Waals surface area contributed by atoms with Crippen molar-refractivity contribution in [3.05, 3.63) is 66.7 Å². The third-order valence-electron chi connectivity index (χ3n) is 5.04. The van der Waals surface area contributed by atoms with Crippen molar-refractivity contribution >= 4 is 10.8 Å². The van der Waals surface area contributed by atoms with Crippen LogP contribution < -0.4 is 0 Å². The average molecular weight is 336 g/mol. The van der Waals surface area contributed by atoms with Crippen LogP contribution in [-0.2, 0) is 21.9 Å². The Balaban J connectivity index is 1.72. The van der Waals surface area contributed by atoms with E-state index in [1.807, 2.05) is 18.7 Å². The van der Waals surface area contributed by atoms with Gasteiger partial charge in [-0.05, 0) is 34.2 Å². The van der Waals surface area contributed by atoms with Crippen molar-refractivity contribution in [2.45, 2.75) is 38.8 Å². The van der Waals surface area contributed by atoms with Crippen LogP contribution in [0.2, 0.25) is 0 Å². The van der Waals surface area contributed by atoms with E-state index in [0.717, 1.165) is 19.4 Å². The summed E-state index contributed by atoms with van der Waals surface area (Å²) in [5.41, 5.74) is 0.800. The normalized spacial score (nSPS) is 23.0. The first-order valence-corrected chi connectivity index (χ1v) is 8.82. The minimum absolute atomic E-state index is 0.0683. The molecule has 0 saturated carbocycles. The molecule has 0 aliphatic carbocycles. The van der Waals surface area contributed by atoms with Gasteiger partial charge in [-0.3, -0.25) is 0 Å². The Hall–Kier alpha value is -2.17. The van der Waals surface area contributed by atoms with Gasteiger partial charge in [-0.1, -0.05) is 50.2 Å². The molecule has 0 radical (unpaired) electrons. The number of nitrogens with zero attached hydrogens (tertiary/aromatic N) is 2. The molecule has 1 aromatic heterocycles. The van der Waals surface area contributed by atoms with E-state index in [0.29, 0.717) is 6.61 Å². The third-order valence-corrected chi connectivity index (χ3v) is 5.04. The number of rotatable bonds is 4. The number of aromatic nitrogens is 2. The third kappa shape index (κ3) is 3.32. The van der Waals surface area contributed by atoms with Crippen LogP contribution in [0.15, 0.2) is 61.2 Å². The zero-order valence-electron chi connectivity index (χ0n) is 14.8. The molecular formula is C21H24N2O2. The van der Waals surface area contributed by atoms with E-state index < -0.39 is 5.60 Å². The van der Waals surface area contributed by atoms with Crippen molar-refractivity contribution in [2.24, 2.45) is 5.41 Å². The van der Waals surface area contributed by atoms with Crippen LogP contribution in [0, 0.1) is 5.41 Å². The topological polar surface area (TPSA) is 36.3 Å². The van der Waals surface area contributed by atoms with Crippen LogP contribution in [0.25, 0.3) is 10.8 Å². The van der Waals surface area contributed by atoms with Gasteiger partial charge in [0, 0.05) is 25.4 Å². The molecule has 3 aromatic rings. The maximum absolute atomic E-state index is 6.00. The largest absolute Gasteiger partial charge is 0.337 e. The van der Waals surface area contributed by atoms with Crippen LogP contribution in [0.4, 0.5) is 0 Å². The van der Waals surface area contributed by atoms with E-state index in [9.17, 15) is 0 Å². The molecule has 1 unspecified atom stereocenters. The Bertz CT molecular complexity index is 857. The molecule has 130 valence electrons. The number of benzene rings is 2. The van der Waals surface area contributed by atoms with Crippen molar-refractivity contribution in [1.82, 2.24) is 9.55 Å². The van der Waals surface area contributed by atoms with E-state index in [2.05, 4.69) is 65.9 Å². The van der Waals surface area contributed by atoms with Crippen LogP contribution in [-0.4, -0.2) is 16.2 Å². The molecule has 4 nitrogen and oxygen atoms in total. The monoisotopic (exact) mass is 336 g/mol. The highest BCUT2D eigenvalue weighted by atomic mass is 17.2. The quantitative estimate of drug-likeness (QED) is 0.648. The standard InChI is InChI=1S/C21H24N2O2/c1-20(2)14-21(25-24-15-20,9-11-23-12-10-22-16-23)19-8-7-17-5-3-4-6-18(17)13-19/h3-8,10,12-13,16H,9,11,14-15H2,1-2H3. The molecule has 1 aliphatic rings. The highest BCUT2D eigenvalue weighted by molar-refractivity contribution is 5.83. The number of hydrogen-bond donors (Lipinski definition) is 0. The fourth-order valence-corrected chi connectivity index (χ4v) is 3.78. The summed E-state index contributed by atoms with van der Waals surface area (Å²) in [5, 5.41) is 2.47. The number of fused-ring (bicyclic) bond motifs is 1. The lowest BCUT2D eigenvalue weighted by molar-refractivity contribution is -0.412. The fraction of sp³-hybridized carbons (Fsp3) is 0.381.